The highest BCUT2D eigenvalue weighted by atomic mass is 19.4. The minimum absolute atomic E-state index is 0.0780. The van der Waals surface area contributed by atoms with Crippen LogP contribution in [0.5, 0.6) is 0 Å². The van der Waals surface area contributed by atoms with Crippen molar-refractivity contribution in [1.29, 1.82) is 0 Å². The van der Waals surface area contributed by atoms with Gasteiger partial charge in [-0.25, -0.2) is 4.79 Å². The van der Waals surface area contributed by atoms with E-state index in [4.69, 9.17) is 0 Å². The maximum atomic E-state index is 12.6. The molecule has 2 N–H and O–H groups in total. The number of amides is 2. The van der Waals surface area contributed by atoms with Gasteiger partial charge in [0.2, 0.25) is 0 Å². The zero-order valence-electron chi connectivity index (χ0n) is 11.7. The summed E-state index contributed by atoms with van der Waals surface area (Å²) in [4.78, 5) is 15.7. The van der Waals surface area contributed by atoms with Crippen LogP contribution in [0.25, 0.3) is 0 Å². The maximum absolute atomic E-state index is 12.6. The van der Waals surface area contributed by atoms with Gasteiger partial charge in [-0.15, -0.1) is 0 Å². The summed E-state index contributed by atoms with van der Waals surface area (Å²) in [7, 11) is 0. The zero-order chi connectivity index (χ0) is 16.2. The van der Waals surface area contributed by atoms with E-state index in [-0.39, 0.29) is 11.7 Å². The summed E-state index contributed by atoms with van der Waals surface area (Å²) in [5.74, 6) is 0. The van der Waals surface area contributed by atoms with E-state index >= 15 is 0 Å². The smallest absolute Gasteiger partial charge is 0.331 e. The molecule has 1 atom stereocenters. The van der Waals surface area contributed by atoms with E-state index in [2.05, 4.69) is 15.6 Å². The van der Waals surface area contributed by atoms with Crippen LogP contribution in [0, 0.1) is 0 Å². The number of pyridine rings is 1. The van der Waals surface area contributed by atoms with Gasteiger partial charge in [0.15, 0.2) is 0 Å². The maximum Gasteiger partial charge on any atom is 0.416 e. The second-order valence-electron chi connectivity index (χ2n) is 4.68. The first-order chi connectivity index (χ1) is 10.4. The van der Waals surface area contributed by atoms with Gasteiger partial charge in [-0.2, -0.15) is 13.2 Å². The van der Waals surface area contributed by atoms with Gasteiger partial charge < -0.3 is 10.6 Å². The van der Waals surface area contributed by atoms with E-state index < -0.39 is 17.8 Å². The Morgan fingerprint density at radius 1 is 1.18 bits per heavy atom. The van der Waals surface area contributed by atoms with Gasteiger partial charge in [-0.3, -0.25) is 4.98 Å². The van der Waals surface area contributed by atoms with Crippen molar-refractivity contribution in [2.75, 3.05) is 5.32 Å². The number of hydrogen-bond acceptors (Lipinski definition) is 2. The predicted octanol–water partition coefficient (Wildman–Crippen LogP) is 3.98. The Morgan fingerprint density at radius 2 is 1.86 bits per heavy atom. The number of halogens is 3. The Morgan fingerprint density at radius 3 is 2.50 bits per heavy atom. The molecule has 2 amide bonds. The molecular weight excluding hydrogens is 295 g/mol. The SMILES string of the molecule is C[C@@H](NC(=O)Nc1cccc(C(F)(F)F)c1)c1ccncc1. The van der Waals surface area contributed by atoms with Crippen molar-refractivity contribution >= 4 is 11.7 Å². The second kappa shape index (κ2) is 6.46. The van der Waals surface area contributed by atoms with Gasteiger partial charge in [0.1, 0.15) is 0 Å². The lowest BCUT2D eigenvalue weighted by Crippen LogP contribution is -2.31. The van der Waals surface area contributed by atoms with Crippen LogP contribution in [0.1, 0.15) is 24.1 Å². The second-order valence-corrected chi connectivity index (χ2v) is 4.68. The van der Waals surface area contributed by atoms with Gasteiger partial charge >= 0.3 is 12.2 Å². The van der Waals surface area contributed by atoms with E-state index in [1.54, 1.807) is 31.5 Å². The number of aromatic nitrogens is 1. The fraction of sp³-hybridized carbons (Fsp3) is 0.200. The lowest BCUT2D eigenvalue weighted by Gasteiger charge is -2.15. The summed E-state index contributed by atoms with van der Waals surface area (Å²) in [6.07, 6.45) is -1.26. The van der Waals surface area contributed by atoms with Crippen molar-refractivity contribution in [2.45, 2.75) is 19.1 Å². The first kappa shape index (κ1) is 15.8. The van der Waals surface area contributed by atoms with Crippen LogP contribution in [0.3, 0.4) is 0 Å². The van der Waals surface area contributed by atoms with E-state index in [0.29, 0.717) is 0 Å². The molecule has 0 aliphatic carbocycles. The number of rotatable bonds is 3. The number of anilines is 1. The Balaban J connectivity index is 2.01. The fourth-order valence-electron chi connectivity index (χ4n) is 1.87. The van der Waals surface area contributed by atoms with Crippen LogP contribution >= 0.6 is 0 Å². The molecule has 1 aromatic heterocycles. The highest BCUT2D eigenvalue weighted by molar-refractivity contribution is 5.89. The molecule has 1 aromatic carbocycles. The average molecular weight is 309 g/mol. The summed E-state index contributed by atoms with van der Waals surface area (Å²) >= 11 is 0. The van der Waals surface area contributed by atoms with E-state index in [1.807, 2.05) is 0 Å². The molecule has 7 heteroatoms. The Bertz CT molecular complexity index is 644. The van der Waals surface area contributed by atoms with Crippen molar-refractivity contribution < 1.29 is 18.0 Å². The summed E-state index contributed by atoms with van der Waals surface area (Å²) < 4.78 is 37.8. The van der Waals surface area contributed by atoms with Gasteiger partial charge in [-0.05, 0) is 42.8 Å². The van der Waals surface area contributed by atoms with Gasteiger partial charge in [0.25, 0.3) is 0 Å². The molecule has 0 saturated carbocycles. The Kier molecular flexibility index (Phi) is 4.65. The van der Waals surface area contributed by atoms with Gasteiger partial charge in [0, 0.05) is 18.1 Å². The van der Waals surface area contributed by atoms with Gasteiger partial charge in [0.05, 0.1) is 11.6 Å². The molecule has 2 rings (SSSR count). The zero-order valence-corrected chi connectivity index (χ0v) is 11.7. The quantitative estimate of drug-likeness (QED) is 0.901. The average Bonchev–Trinajstić information content (AvgIpc) is 2.47. The standard InChI is InChI=1S/C15H14F3N3O/c1-10(11-5-7-19-8-6-11)20-14(22)21-13-4-2-3-12(9-13)15(16,17)18/h2-10H,1H3,(H2,20,21,22)/t10-/m1/s1. The molecule has 0 radical (unpaired) electrons. The van der Waals surface area contributed by atoms with Gasteiger partial charge in [-0.1, -0.05) is 6.07 Å². The third-order valence-electron chi connectivity index (χ3n) is 3.00. The number of nitrogens with one attached hydrogen (secondary N) is 2. The molecule has 0 bridgehead atoms. The third kappa shape index (κ3) is 4.21. The normalized spacial score (nSPS) is 12.5. The molecule has 0 saturated heterocycles. The summed E-state index contributed by atoms with van der Waals surface area (Å²) in [6.45, 7) is 1.76. The fourth-order valence-corrected chi connectivity index (χ4v) is 1.87. The number of carbonyl (C=O) groups is 1. The highest BCUT2D eigenvalue weighted by Crippen LogP contribution is 2.30. The first-order valence-corrected chi connectivity index (χ1v) is 6.51. The lowest BCUT2D eigenvalue weighted by atomic mass is 10.1. The minimum Gasteiger partial charge on any atom is -0.331 e. The lowest BCUT2D eigenvalue weighted by molar-refractivity contribution is -0.137. The number of hydrogen-bond donors (Lipinski definition) is 2. The van der Waals surface area contributed by atoms with Crippen molar-refractivity contribution in [2.24, 2.45) is 0 Å². The molecule has 1 heterocycles. The molecule has 2 aromatic rings. The van der Waals surface area contributed by atoms with Crippen LogP contribution in [0.15, 0.2) is 48.8 Å². The van der Waals surface area contributed by atoms with E-state index in [1.165, 1.54) is 12.1 Å². The van der Waals surface area contributed by atoms with Crippen LogP contribution < -0.4 is 10.6 Å². The molecule has 116 valence electrons. The van der Waals surface area contributed by atoms with Crippen molar-refractivity contribution in [3.8, 4) is 0 Å². The summed E-state index contributed by atoms with van der Waals surface area (Å²) in [6, 6.07) is 7.08. The number of benzene rings is 1. The molecular formula is C15H14F3N3O. The monoisotopic (exact) mass is 309 g/mol. The van der Waals surface area contributed by atoms with Crippen LogP contribution in [0.4, 0.5) is 23.7 Å². The largest absolute Gasteiger partial charge is 0.416 e. The number of nitrogens with zero attached hydrogens (tertiary/aromatic N) is 1. The molecule has 0 aliphatic rings. The molecule has 0 fully saturated rings. The van der Waals surface area contributed by atoms with Crippen LogP contribution in [0.2, 0.25) is 0 Å². The number of carbonyl (C=O) groups excluding carboxylic acids is 1. The molecule has 0 spiro atoms. The Labute approximate surface area is 125 Å². The molecule has 22 heavy (non-hydrogen) atoms. The first-order valence-electron chi connectivity index (χ1n) is 6.51. The van der Waals surface area contributed by atoms with Crippen LogP contribution in [-0.4, -0.2) is 11.0 Å². The Hall–Kier alpha value is -2.57. The van der Waals surface area contributed by atoms with Crippen molar-refractivity contribution in [3.05, 3.63) is 59.9 Å². The summed E-state index contributed by atoms with van der Waals surface area (Å²) in [5.41, 5.74) is 0.107. The van der Waals surface area contributed by atoms with Crippen LogP contribution in [-0.2, 0) is 6.18 Å². The highest BCUT2D eigenvalue weighted by Gasteiger charge is 2.30. The van der Waals surface area contributed by atoms with E-state index in [9.17, 15) is 18.0 Å². The molecule has 0 unspecified atom stereocenters. The van der Waals surface area contributed by atoms with Crippen molar-refractivity contribution in [3.63, 3.8) is 0 Å². The topological polar surface area (TPSA) is 54.0 Å². The number of alkyl halides is 3. The third-order valence-corrected chi connectivity index (χ3v) is 3.00. The minimum atomic E-state index is -4.45. The molecule has 4 nitrogen and oxygen atoms in total. The van der Waals surface area contributed by atoms with E-state index in [0.717, 1.165) is 17.7 Å². The van der Waals surface area contributed by atoms with Crippen molar-refractivity contribution in [1.82, 2.24) is 10.3 Å². The molecule has 0 aliphatic heterocycles. The predicted molar refractivity (Wildman–Crippen MR) is 76.3 cm³/mol. The number of urea groups is 1. The summed E-state index contributed by atoms with van der Waals surface area (Å²) in [5, 5.41) is 5.03.